The van der Waals surface area contributed by atoms with Gasteiger partial charge in [-0.25, -0.2) is 18.4 Å². The van der Waals surface area contributed by atoms with Gasteiger partial charge in [0.15, 0.2) is 0 Å². The number of nitrogens with zero attached hydrogens (tertiary/aromatic N) is 1. The van der Waals surface area contributed by atoms with Gasteiger partial charge in [0.25, 0.3) is 0 Å². The molecule has 1 atom stereocenters. The zero-order valence-electron chi connectivity index (χ0n) is 11.5. The molecule has 0 saturated carbocycles. The molecule has 20 heavy (non-hydrogen) atoms. The van der Waals surface area contributed by atoms with Gasteiger partial charge in [0, 0.05) is 19.6 Å². The Balaban J connectivity index is 2.58. The van der Waals surface area contributed by atoms with Crippen molar-refractivity contribution in [3.63, 3.8) is 0 Å². The number of amides is 2. The first kappa shape index (κ1) is 16.7. The lowest BCUT2D eigenvalue weighted by molar-refractivity contribution is -0.152. The molecule has 9 heteroatoms. The van der Waals surface area contributed by atoms with Gasteiger partial charge in [0.2, 0.25) is 10.0 Å². The van der Waals surface area contributed by atoms with Gasteiger partial charge in [-0.2, -0.15) is 0 Å². The van der Waals surface area contributed by atoms with Gasteiger partial charge in [0.05, 0.1) is 11.2 Å². The van der Waals surface area contributed by atoms with Crippen LogP contribution in [0.25, 0.3) is 0 Å². The Bertz CT molecular complexity index is 478. The molecule has 0 aliphatic carbocycles. The molecule has 116 valence electrons. The maximum atomic E-state index is 11.9. The summed E-state index contributed by atoms with van der Waals surface area (Å²) in [5.74, 6) is -1.24. The molecule has 0 radical (unpaired) electrons. The summed E-state index contributed by atoms with van der Waals surface area (Å²) in [6, 6.07) is -0.451. The quantitative estimate of drug-likeness (QED) is 0.634. The maximum absolute atomic E-state index is 11.9. The van der Waals surface area contributed by atoms with E-state index in [-0.39, 0.29) is 18.8 Å². The predicted molar refractivity (Wildman–Crippen MR) is 72.5 cm³/mol. The number of rotatable bonds is 5. The van der Waals surface area contributed by atoms with Crippen LogP contribution in [0.5, 0.6) is 0 Å². The van der Waals surface area contributed by atoms with Crippen LogP contribution in [-0.2, 0) is 14.8 Å². The van der Waals surface area contributed by atoms with Crippen molar-refractivity contribution in [2.45, 2.75) is 26.2 Å². The molecule has 0 aromatic rings. The number of hydrogen-bond acceptors (Lipinski definition) is 4. The van der Waals surface area contributed by atoms with E-state index in [0.717, 1.165) is 0 Å². The number of carboxylic acid groups (broad SMARTS) is 1. The fourth-order valence-corrected chi connectivity index (χ4v) is 2.72. The molecule has 1 aliphatic heterocycles. The van der Waals surface area contributed by atoms with Gasteiger partial charge in [-0.1, -0.05) is 6.92 Å². The summed E-state index contributed by atoms with van der Waals surface area (Å²) < 4.78 is 21.5. The van der Waals surface area contributed by atoms with E-state index in [9.17, 15) is 23.1 Å². The lowest BCUT2D eigenvalue weighted by Crippen LogP contribution is -2.53. The topological polar surface area (TPSA) is 130 Å². The van der Waals surface area contributed by atoms with Gasteiger partial charge in [0.1, 0.15) is 0 Å². The van der Waals surface area contributed by atoms with Crippen LogP contribution in [0.4, 0.5) is 4.79 Å². The molecule has 4 N–H and O–H groups in total. The molecule has 0 spiro atoms. The van der Waals surface area contributed by atoms with Crippen LogP contribution < -0.4 is 10.5 Å². The highest BCUT2D eigenvalue weighted by atomic mass is 32.2. The summed E-state index contributed by atoms with van der Waals surface area (Å²) in [6.07, 6.45) is 1.60. The third kappa shape index (κ3) is 4.34. The van der Waals surface area contributed by atoms with Crippen molar-refractivity contribution in [1.82, 2.24) is 10.2 Å². The standard InChI is InChI=1S/C11H21N3O5S/c1-2-11(9(15)16)4-3-6-14(8-11)10(17)13-5-7-20(12,18)19/h2-8H2,1H3,(H,13,17)(H,15,16)(H2,12,18,19). The summed E-state index contributed by atoms with van der Waals surface area (Å²) in [7, 11) is -3.62. The highest BCUT2D eigenvalue weighted by Crippen LogP contribution is 2.33. The van der Waals surface area contributed by atoms with E-state index in [2.05, 4.69) is 5.32 Å². The third-order valence-electron chi connectivity index (χ3n) is 3.66. The summed E-state index contributed by atoms with van der Waals surface area (Å²) in [4.78, 5) is 24.7. The largest absolute Gasteiger partial charge is 0.481 e. The van der Waals surface area contributed by atoms with Crippen LogP contribution in [0.2, 0.25) is 0 Å². The first-order valence-corrected chi connectivity index (χ1v) is 8.18. The van der Waals surface area contributed by atoms with E-state index in [1.807, 2.05) is 0 Å². The zero-order valence-corrected chi connectivity index (χ0v) is 12.3. The number of carboxylic acids is 1. The van der Waals surface area contributed by atoms with Crippen LogP contribution in [0.1, 0.15) is 26.2 Å². The summed E-state index contributed by atoms with van der Waals surface area (Å²) in [5, 5.41) is 16.6. The summed E-state index contributed by atoms with van der Waals surface area (Å²) >= 11 is 0. The number of piperidine rings is 1. The molecule has 1 rings (SSSR count). The number of carbonyl (C=O) groups excluding carboxylic acids is 1. The van der Waals surface area contributed by atoms with Crippen molar-refractivity contribution in [1.29, 1.82) is 0 Å². The molecule has 1 unspecified atom stereocenters. The molecule has 0 bridgehead atoms. The summed E-state index contributed by atoms with van der Waals surface area (Å²) in [6.45, 7) is 2.31. The van der Waals surface area contributed by atoms with Crippen LogP contribution in [0, 0.1) is 5.41 Å². The average molecular weight is 307 g/mol. The Hall–Kier alpha value is -1.35. The van der Waals surface area contributed by atoms with Crippen molar-refractivity contribution in [2.75, 3.05) is 25.4 Å². The number of urea groups is 1. The van der Waals surface area contributed by atoms with Crippen LogP contribution in [0.3, 0.4) is 0 Å². The van der Waals surface area contributed by atoms with Gasteiger partial charge in [-0.15, -0.1) is 0 Å². The van der Waals surface area contributed by atoms with Crippen LogP contribution >= 0.6 is 0 Å². The number of aliphatic carboxylic acids is 1. The lowest BCUT2D eigenvalue weighted by Gasteiger charge is -2.39. The van der Waals surface area contributed by atoms with E-state index in [4.69, 9.17) is 5.14 Å². The van der Waals surface area contributed by atoms with E-state index >= 15 is 0 Å². The normalized spacial score (nSPS) is 23.4. The Labute approximate surface area is 118 Å². The predicted octanol–water partition coefficient (Wildman–Crippen LogP) is -0.439. The summed E-state index contributed by atoms with van der Waals surface area (Å²) in [5.41, 5.74) is -0.907. The number of nitrogens with one attached hydrogen (secondary N) is 1. The monoisotopic (exact) mass is 307 g/mol. The number of carbonyl (C=O) groups is 2. The van der Waals surface area contributed by atoms with Crippen molar-refractivity contribution < 1.29 is 23.1 Å². The first-order valence-electron chi connectivity index (χ1n) is 6.47. The van der Waals surface area contributed by atoms with Gasteiger partial charge in [-0.05, 0) is 19.3 Å². The molecule has 8 nitrogen and oxygen atoms in total. The number of likely N-dealkylation sites (tertiary alicyclic amines) is 1. The second-order valence-electron chi connectivity index (χ2n) is 5.06. The minimum atomic E-state index is -3.62. The molecule has 2 amide bonds. The molecule has 1 saturated heterocycles. The second-order valence-corrected chi connectivity index (χ2v) is 6.80. The Morgan fingerprint density at radius 1 is 1.45 bits per heavy atom. The molecule has 0 aromatic carbocycles. The van der Waals surface area contributed by atoms with Gasteiger partial charge < -0.3 is 15.3 Å². The molecule has 1 aliphatic rings. The number of nitrogens with two attached hydrogens (primary N) is 1. The maximum Gasteiger partial charge on any atom is 0.317 e. The van der Waals surface area contributed by atoms with Crippen molar-refractivity contribution in [2.24, 2.45) is 10.6 Å². The zero-order chi connectivity index (χ0) is 15.4. The van der Waals surface area contributed by atoms with Crippen LogP contribution in [-0.4, -0.2) is 55.8 Å². The van der Waals surface area contributed by atoms with E-state index in [1.165, 1.54) is 4.90 Å². The molecular weight excluding hydrogens is 286 g/mol. The van der Waals surface area contributed by atoms with Gasteiger partial charge in [-0.3, -0.25) is 4.79 Å². The van der Waals surface area contributed by atoms with Crippen molar-refractivity contribution in [3.05, 3.63) is 0 Å². The SMILES string of the molecule is CCC1(C(=O)O)CCCN(C(=O)NCCS(N)(=O)=O)C1. The fourth-order valence-electron chi connectivity index (χ4n) is 2.33. The highest BCUT2D eigenvalue weighted by molar-refractivity contribution is 7.89. The van der Waals surface area contributed by atoms with E-state index in [1.54, 1.807) is 6.92 Å². The number of primary sulfonamides is 1. The Morgan fingerprint density at radius 3 is 2.60 bits per heavy atom. The first-order chi connectivity index (χ1) is 9.20. The van der Waals surface area contributed by atoms with Crippen LogP contribution in [0.15, 0.2) is 0 Å². The van der Waals surface area contributed by atoms with Crippen molar-refractivity contribution in [3.8, 4) is 0 Å². The Kier molecular flexibility index (Phi) is 5.35. The van der Waals surface area contributed by atoms with E-state index in [0.29, 0.717) is 25.8 Å². The second kappa shape index (κ2) is 6.40. The molecule has 1 heterocycles. The van der Waals surface area contributed by atoms with Gasteiger partial charge >= 0.3 is 12.0 Å². The molecule has 1 fully saturated rings. The Morgan fingerprint density at radius 2 is 2.10 bits per heavy atom. The lowest BCUT2D eigenvalue weighted by atomic mass is 9.78. The molecule has 0 aromatic heterocycles. The fraction of sp³-hybridized carbons (Fsp3) is 0.818. The minimum absolute atomic E-state index is 0.0830. The van der Waals surface area contributed by atoms with Crippen molar-refractivity contribution >= 4 is 22.0 Å². The average Bonchev–Trinajstić information content (AvgIpc) is 2.36. The highest BCUT2D eigenvalue weighted by Gasteiger charge is 2.42. The number of hydrogen-bond donors (Lipinski definition) is 3. The number of sulfonamides is 1. The smallest absolute Gasteiger partial charge is 0.317 e. The third-order valence-corrected chi connectivity index (χ3v) is 4.43. The van der Waals surface area contributed by atoms with E-state index < -0.39 is 27.4 Å². The molecular formula is C11H21N3O5S. The minimum Gasteiger partial charge on any atom is -0.481 e.